The van der Waals surface area contributed by atoms with Gasteiger partial charge in [0.25, 0.3) is 0 Å². The molecular weight excluding hydrogens is 343 g/mol. The minimum Gasteiger partial charge on any atom is -0.369 e. The smallest absolute Gasteiger partial charge is 0.137 e. The fraction of sp³-hybridized carbons (Fsp3) is 0.333. The molecule has 1 aliphatic heterocycles. The van der Waals surface area contributed by atoms with Gasteiger partial charge in [0, 0.05) is 31.9 Å². The Morgan fingerprint density at radius 3 is 2.23 bits per heavy atom. The number of rotatable bonds is 3. The molecule has 0 radical (unpaired) electrons. The Morgan fingerprint density at radius 1 is 0.955 bits per heavy atom. The van der Waals surface area contributed by atoms with Gasteiger partial charge in [-0.3, -0.25) is 0 Å². The first-order valence-electron chi connectivity index (χ1n) is 7.58. The van der Waals surface area contributed by atoms with E-state index in [0.29, 0.717) is 4.47 Å². The first kappa shape index (κ1) is 15.5. The lowest BCUT2D eigenvalue weighted by Gasteiger charge is -2.34. The Bertz CT molecular complexity index is 634. The van der Waals surface area contributed by atoms with Gasteiger partial charge in [-0.15, -0.1) is 0 Å². The van der Waals surface area contributed by atoms with E-state index in [2.05, 4.69) is 57.0 Å². The third-order valence-electron chi connectivity index (χ3n) is 4.20. The quantitative estimate of drug-likeness (QED) is 0.815. The first-order chi connectivity index (χ1) is 10.6. The number of benzene rings is 2. The molecule has 0 unspecified atom stereocenters. The molecule has 0 N–H and O–H groups in total. The van der Waals surface area contributed by atoms with E-state index in [-0.39, 0.29) is 5.82 Å². The average Bonchev–Trinajstić information content (AvgIpc) is 2.53. The molecule has 116 valence electrons. The molecule has 1 aliphatic rings. The number of hydrogen-bond acceptors (Lipinski definition) is 2. The van der Waals surface area contributed by atoms with Crippen LogP contribution in [0.4, 0.5) is 10.1 Å². The van der Waals surface area contributed by atoms with Crippen LogP contribution in [0.2, 0.25) is 0 Å². The molecule has 1 heterocycles. The standard InChI is InChI=1S/C18H20BrFN2/c1-21-8-10-22(11-9-21)16-5-2-14(3-6-16)12-15-4-7-17(19)18(20)13-15/h2-7,13H,8-12H2,1H3. The lowest BCUT2D eigenvalue weighted by atomic mass is 10.0. The molecule has 0 saturated carbocycles. The normalized spacial score (nSPS) is 16.0. The van der Waals surface area contributed by atoms with Crippen LogP contribution in [0, 0.1) is 5.82 Å². The number of nitrogens with zero attached hydrogens (tertiary/aromatic N) is 2. The second kappa shape index (κ2) is 6.80. The molecule has 22 heavy (non-hydrogen) atoms. The van der Waals surface area contributed by atoms with E-state index in [0.717, 1.165) is 38.2 Å². The summed E-state index contributed by atoms with van der Waals surface area (Å²) in [4.78, 5) is 4.77. The molecule has 0 aliphatic carbocycles. The topological polar surface area (TPSA) is 6.48 Å². The van der Waals surface area contributed by atoms with Crippen LogP contribution < -0.4 is 4.90 Å². The van der Waals surface area contributed by atoms with Gasteiger partial charge < -0.3 is 9.80 Å². The maximum atomic E-state index is 13.6. The fourth-order valence-electron chi connectivity index (χ4n) is 2.77. The Labute approximate surface area is 139 Å². The number of piperazine rings is 1. The van der Waals surface area contributed by atoms with Crippen LogP contribution in [0.3, 0.4) is 0 Å². The molecule has 2 nitrogen and oxygen atoms in total. The molecule has 3 rings (SSSR count). The molecule has 0 atom stereocenters. The van der Waals surface area contributed by atoms with Gasteiger partial charge >= 0.3 is 0 Å². The van der Waals surface area contributed by atoms with Gasteiger partial charge in [0.1, 0.15) is 5.82 Å². The van der Waals surface area contributed by atoms with Gasteiger partial charge in [0.2, 0.25) is 0 Å². The predicted octanol–water partition coefficient (Wildman–Crippen LogP) is 3.93. The van der Waals surface area contributed by atoms with Crippen LogP contribution in [0.1, 0.15) is 11.1 Å². The summed E-state index contributed by atoms with van der Waals surface area (Å²) >= 11 is 3.19. The van der Waals surface area contributed by atoms with Crippen LogP contribution in [0.25, 0.3) is 0 Å². The minimum atomic E-state index is -0.202. The average molecular weight is 363 g/mol. The van der Waals surface area contributed by atoms with Crippen LogP contribution >= 0.6 is 15.9 Å². The third-order valence-corrected chi connectivity index (χ3v) is 4.84. The Hall–Kier alpha value is -1.39. The zero-order chi connectivity index (χ0) is 15.5. The van der Waals surface area contributed by atoms with Crippen molar-refractivity contribution in [3.63, 3.8) is 0 Å². The maximum Gasteiger partial charge on any atom is 0.137 e. The van der Waals surface area contributed by atoms with Crippen molar-refractivity contribution in [1.29, 1.82) is 0 Å². The number of anilines is 1. The molecular formula is C18H20BrFN2. The molecule has 4 heteroatoms. The molecule has 0 amide bonds. The molecule has 2 aromatic carbocycles. The summed E-state index contributed by atoms with van der Waals surface area (Å²) in [6, 6.07) is 14.0. The summed E-state index contributed by atoms with van der Waals surface area (Å²) in [6.07, 6.45) is 0.757. The van der Waals surface area contributed by atoms with E-state index in [1.807, 2.05) is 6.07 Å². The van der Waals surface area contributed by atoms with Gasteiger partial charge in [0.05, 0.1) is 4.47 Å². The third kappa shape index (κ3) is 3.68. The van der Waals surface area contributed by atoms with Crippen molar-refractivity contribution in [2.75, 3.05) is 38.1 Å². The van der Waals surface area contributed by atoms with Crippen LogP contribution in [0.5, 0.6) is 0 Å². The van der Waals surface area contributed by atoms with Gasteiger partial charge in [-0.1, -0.05) is 18.2 Å². The zero-order valence-electron chi connectivity index (χ0n) is 12.7. The van der Waals surface area contributed by atoms with Crippen LogP contribution in [-0.2, 0) is 6.42 Å². The van der Waals surface area contributed by atoms with Gasteiger partial charge in [-0.2, -0.15) is 0 Å². The summed E-state index contributed by atoms with van der Waals surface area (Å²) < 4.78 is 14.1. The molecule has 0 bridgehead atoms. The molecule has 0 spiro atoms. The SMILES string of the molecule is CN1CCN(c2ccc(Cc3ccc(Br)c(F)c3)cc2)CC1. The maximum absolute atomic E-state index is 13.6. The van der Waals surface area contributed by atoms with Crippen LogP contribution in [-0.4, -0.2) is 38.1 Å². The first-order valence-corrected chi connectivity index (χ1v) is 8.37. The highest BCUT2D eigenvalue weighted by molar-refractivity contribution is 9.10. The largest absolute Gasteiger partial charge is 0.369 e. The predicted molar refractivity (Wildman–Crippen MR) is 93.1 cm³/mol. The van der Waals surface area contributed by atoms with Crippen molar-refractivity contribution in [3.05, 3.63) is 63.9 Å². The second-order valence-corrected chi connectivity index (χ2v) is 6.74. The second-order valence-electron chi connectivity index (χ2n) is 5.88. The number of halogens is 2. The van der Waals surface area contributed by atoms with E-state index in [1.54, 1.807) is 12.1 Å². The molecule has 2 aromatic rings. The number of hydrogen-bond donors (Lipinski definition) is 0. The highest BCUT2D eigenvalue weighted by atomic mass is 79.9. The van der Waals surface area contributed by atoms with Crippen molar-refractivity contribution in [2.24, 2.45) is 0 Å². The zero-order valence-corrected chi connectivity index (χ0v) is 14.3. The monoisotopic (exact) mass is 362 g/mol. The summed E-state index contributed by atoms with van der Waals surface area (Å²) in [5.74, 6) is -0.202. The van der Waals surface area contributed by atoms with Gasteiger partial charge in [-0.05, 0) is 64.8 Å². The minimum absolute atomic E-state index is 0.202. The van der Waals surface area contributed by atoms with Crippen molar-refractivity contribution in [3.8, 4) is 0 Å². The Kier molecular flexibility index (Phi) is 4.79. The molecule has 1 fully saturated rings. The molecule has 1 saturated heterocycles. The lowest BCUT2D eigenvalue weighted by molar-refractivity contribution is 0.313. The Balaban J connectivity index is 1.67. The lowest BCUT2D eigenvalue weighted by Crippen LogP contribution is -2.44. The summed E-state index contributed by atoms with van der Waals surface area (Å²) in [5.41, 5.74) is 3.48. The highest BCUT2D eigenvalue weighted by Crippen LogP contribution is 2.21. The van der Waals surface area contributed by atoms with Gasteiger partial charge in [-0.25, -0.2) is 4.39 Å². The fourth-order valence-corrected chi connectivity index (χ4v) is 3.02. The van der Waals surface area contributed by atoms with E-state index in [1.165, 1.54) is 11.3 Å². The number of likely N-dealkylation sites (N-methyl/N-ethyl adjacent to an activating group) is 1. The van der Waals surface area contributed by atoms with E-state index >= 15 is 0 Å². The van der Waals surface area contributed by atoms with Crippen molar-refractivity contribution in [2.45, 2.75) is 6.42 Å². The van der Waals surface area contributed by atoms with Crippen molar-refractivity contribution >= 4 is 21.6 Å². The molecule has 0 aromatic heterocycles. The Morgan fingerprint density at radius 2 is 1.59 bits per heavy atom. The summed E-state index contributed by atoms with van der Waals surface area (Å²) in [5, 5.41) is 0. The van der Waals surface area contributed by atoms with Gasteiger partial charge in [0.15, 0.2) is 0 Å². The van der Waals surface area contributed by atoms with Crippen molar-refractivity contribution < 1.29 is 4.39 Å². The van der Waals surface area contributed by atoms with E-state index < -0.39 is 0 Å². The summed E-state index contributed by atoms with van der Waals surface area (Å²) in [7, 11) is 2.16. The van der Waals surface area contributed by atoms with E-state index in [9.17, 15) is 4.39 Å². The summed E-state index contributed by atoms with van der Waals surface area (Å²) in [6.45, 7) is 4.38. The van der Waals surface area contributed by atoms with Crippen LogP contribution in [0.15, 0.2) is 46.9 Å². The highest BCUT2D eigenvalue weighted by Gasteiger charge is 2.13. The van der Waals surface area contributed by atoms with E-state index in [4.69, 9.17) is 0 Å². The van der Waals surface area contributed by atoms with Crippen molar-refractivity contribution in [1.82, 2.24) is 4.90 Å².